The minimum Gasteiger partial charge on any atom is -0.375 e. The molecule has 0 atom stereocenters. The van der Waals surface area contributed by atoms with Crippen molar-refractivity contribution in [3.8, 4) is 0 Å². The van der Waals surface area contributed by atoms with Gasteiger partial charge in [-0.2, -0.15) is 0 Å². The SMILES string of the molecule is O=C(NCCN1CCc2sccc2C1)Nc1nc2c(s1)COCC2. The first-order valence-corrected chi connectivity index (χ1v) is 9.86. The number of carbonyl (C=O) groups is 1. The van der Waals surface area contributed by atoms with Gasteiger partial charge in [0.2, 0.25) is 0 Å². The van der Waals surface area contributed by atoms with Crippen molar-refractivity contribution in [1.29, 1.82) is 0 Å². The summed E-state index contributed by atoms with van der Waals surface area (Å²) in [6.07, 6.45) is 1.95. The van der Waals surface area contributed by atoms with Gasteiger partial charge in [0.1, 0.15) is 0 Å². The van der Waals surface area contributed by atoms with Gasteiger partial charge in [-0.3, -0.25) is 10.2 Å². The van der Waals surface area contributed by atoms with Crippen LogP contribution in [0.15, 0.2) is 11.4 Å². The Hall–Kier alpha value is -1.48. The molecule has 0 spiro atoms. The van der Waals surface area contributed by atoms with Crippen LogP contribution in [0.1, 0.15) is 21.0 Å². The Balaban J connectivity index is 1.22. The molecule has 0 saturated heterocycles. The highest BCUT2D eigenvalue weighted by molar-refractivity contribution is 7.15. The molecule has 24 heavy (non-hydrogen) atoms. The average molecular weight is 364 g/mol. The van der Waals surface area contributed by atoms with E-state index in [-0.39, 0.29) is 6.03 Å². The highest BCUT2D eigenvalue weighted by Crippen LogP contribution is 2.27. The van der Waals surface area contributed by atoms with Gasteiger partial charge in [-0.25, -0.2) is 9.78 Å². The van der Waals surface area contributed by atoms with E-state index < -0.39 is 0 Å². The molecule has 4 heterocycles. The number of anilines is 1. The van der Waals surface area contributed by atoms with Gasteiger partial charge in [-0.05, 0) is 23.4 Å². The molecule has 2 amide bonds. The van der Waals surface area contributed by atoms with Crippen molar-refractivity contribution in [1.82, 2.24) is 15.2 Å². The second-order valence-corrected chi connectivity index (χ2v) is 8.05. The summed E-state index contributed by atoms with van der Waals surface area (Å²) in [5.41, 5.74) is 2.49. The number of fused-ring (bicyclic) bond motifs is 2. The largest absolute Gasteiger partial charge is 0.375 e. The van der Waals surface area contributed by atoms with Gasteiger partial charge in [0.15, 0.2) is 5.13 Å². The summed E-state index contributed by atoms with van der Waals surface area (Å²) in [7, 11) is 0. The van der Waals surface area contributed by atoms with Gasteiger partial charge in [0.25, 0.3) is 0 Å². The molecule has 128 valence electrons. The minimum atomic E-state index is -0.185. The highest BCUT2D eigenvalue weighted by atomic mass is 32.1. The van der Waals surface area contributed by atoms with Crippen LogP contribution < -0.4 is 10.6 Å². The minimum absolute atomic E-state index is 0.185. The van der Waals surface area contributed by atoms with Crippen LogP contribution in [0.5, 0.6) is 0 Å². The number of nitrogens with zero attached hydrogens (tertiary/aromatic N) is 2. The van der Waals surface area contributed by atoms with E-state index in [0.717, 1.165) is 43.0 Å². The molecule has 2 aromatic rings. The fourth-order valence-electron chi connectivity index (χ4n) is 3.05. The van der Waals surface area contributed by atoms with Crippen LogP contribution in [0.25, 0.3) is 0 Å². The number of rotatable bonds is 4. The Morgan fingerprint density at radius 2 is 2.33 bits per heavy atom. The predicted octanol–water partition coefficient (Wildman–Crippen LogP) is 2.46. The third-order valence-electron chi connectivity index (χ3n) is 4.32. The average Bonchev–Trinajstić information content (AvgIpc) is 3.19. The van der Waals surface area contributed by atoms with Crippen LogP contribution in [-0.4, -0.2) is 42.2 Å². The second-order valence-electron chi connectivity index (χ2n) is 5.97. The summed E-state index contributed by atoms with van der Waals surface area (Å²) in [5, 5.41) is 8.58. The third-order valence-corrected chi connectivity index (χ3v) is 6.32. The highest BCUT2D eigenvalue weighted by Gasteiger charge is 2.18. The van der Waals surface area contributed by atoms with Crippen LogP contribution >= 0.6 is 22.7 Å². The van der Waals surface area contributed by atoms with E-state index in [2.05, 4.69) is 32.0 Å². The van der Waals surface area contributed by atoms with E-state index in [1.807, 2.05) is 11.3 Å². The second kappa shape index (κ2) is 7.18. The van der Waals surface area contributed by atoms with Crippen LogP contribution in [0.2, 0.25) is 0 Å². The van der Waals surface area contributed by atoms with Crippen LogP contribution in [-0.2, 0) is 30.7 Å². The van der Waals surface area contributed by atoms with Crippen molar-refractivity contribution in [3.63, 3.8) is 0 Å². The molecule has 0 aromatic carbocycles. The quantitative estimate of drug-likeness (QED) is 0.875. The summed E-state index contributed by atoms with van der Waals surface area (Å²) < 4.78 is 5.40. The van der Waals surface area contributed by atoms with Gasteiger partial charge >= 0.3 is 6.03 Å². The molecule has 2 aliphatic heterocycles. The zero-order valence-corrected chi connectivity index (χ0v) is 15.0. The molecule has 2 aromatic heterocycles. The lowest BCUT2D eigenvalue weighted by molar-refractivity contribution is 0.112. The first-order valence-electron chi connectivity index (χ1n) is 8.17. The number of thiophene rings is 1. The van der Waals surface area contributed by atoms with Gasteiger partial charge in [-0.1, -0.05) is 11.3 Å². The van der Waals surface area contributed by atoms with E-state index in [1.54, 1.807) is 0 Å². The Labute approximate surface area is 148 Å². The Morgan fingerprint density at radius 3 is 3.25 bits per heavy atom. The summed E-state index contributed by atoms with van der Waals surface area (Å²) in [4.78, 5) is 21.5. The van der Waals surface area contributed by atoms with Crippen LogP contribution in [0, 0.1) is 0 Å². The Bertz CT molecular complexity index is 704. The molecule has 0 saturated carbocycles. The van der Waals surface area contributed by atoms with Gasteiger partial charge < -0.3 is 10.1 Å². The molecule has 0 bridgehead atoms. The number of ether oxygens (including phenoxy) is 1. The van der Waals surface area contributed by atoms with Gasteiger partial charge in [-0.15, -0.1) is 11.3 Å². The van der Waals surface area contributed by atoms with E-state index in [4.69, 9.17) is 4.74 Å². The van der Waals surface area contributed by atoms with Crippen molar-refractivity contribution < 1.29 is 9.53 Å². The molecule has 2 N–H and O–H groups in total. The molecule has 2 aliphatic rings. The topological polar surface area (TPSA) is 66.5 Å². The molecular weight excluding hydrogens is 344 g/mol. The normalized spacial score (nSPS) is 17.2. The lowest BCUT2D eigenvalue weighted by atomic mass is 10.1. The van der Waals surface area contributed by atoms with Crippen LogP contribution in [0.4, 0.5) is 9.93 Å². The van der Waals surface area contributed by atoms with Crippen molar-refractivity contribution in [2.75, 3.05) is 31.6 Å². The molecule has 6 nitrogen and oxygen atoms in total. The van der Waals surface area contributed by atoms with E-state index in [1.165, 1.54) is 21.8 Å². The van der Waals surface area contributed by atoms with Crippen molar-refractivity contribution in [2.24, 2.45) is 0 Å². The number of amides is 2. The smallest absolute Gasteiger partial charge is 0.321 e. The standard InChI is InChI=1S/C16H20N4O2S2/c21-15(19-16-18-12-2-7-22-10-14(12)24-16)17-4-6-20-5-1-13-11(9-20)3-8-23-13/h3,8H,1-2,4-7,9-10H2,(H2,17,18,19,21). The lowest BCUT2D eigenvalue weighted by Gasteiger charge is -2.26. The molecule has 0 fully saturated rings. The summed E-state index contributed by atoms with van der Waals surface area (Å²) in [6, 6.07) is 2.02. The maximum Gasteiger partial charge on any atom is 0.321 e. The Morgan fingerprint density at radius 1 is 1.38 bits per heavy atom. The summed E-state index contributed by atoms with van der Waals surface area (Å²) in [5.74, 6) is 0. The van der Waals surface area contributed by atoms with E-state index in [9.17, 15) is 4.79 Å². The molecule has 8 heteroatoms. The molecule has 4 rings (SSSR count). The predicted molar refractivity (Wildman–Crippen MR) is 95.8 cm³/mol. The van der Waals surface area contributed by atoms with E-state index >= 15 is 0 Å². The summed E-state index contributed by atoms with van der Waals surface area (Å²) in [6.45, 7) is 4.88. The van der Waals surface area contributed by atoms with Crippen molar-refractivity contribution >= 4 is 33.8 Å². The number of hydrogen-bond acceptors (Lipinski definition) is 6. The number of aromatic nitrogens is 1. The molecule has 0 aliphatic carbocycles. The maximum atomic E-state index is 12.0. The molecule has 0 radical (unpaired) electrons. The maximum absolute atomic E-state index is 12.0. The summed E-state index contributed by atoms with van der Waals surface area (Å²) >= 11 is 3.35. The number of carbonyl (C=O) groups excluding carboxylic acids is 1. The third kappa shape index (κ3) is 3.61. The lowest BCUT2D eigenvalue weighted by Crippen LogP contribution is -2.38. The first kappa shape index (κ1) is 16.0. The molecule has 0 unspecified atom stereocenters. The molecular formula is C16H20N4O2S2. The Kier molecular flexibility index (Phi) is 4.79. The monoisotopic (exact) mass is 364 g/mol. The zero-order chi connectivity index (χ0) is 16.4. The fraction of sp³-hybridized carbons (Fsp3) is 0.500. The van der Waals surface area contributed by atoms with E-state index in [0.29, 0.717) is 24.9 Å². The van der Waals surface area contributed by atoms with Crippen molar-refractivity contribution in [3.05, 3.63) is 32.5 Å². The first-order chi connectivity index (χ1) is 11.8. The zero-order valence-electron chi connectivity index (χ0n) is 13.3. The number of nitrogens with one attached hydrogen (secondary N) is 2. The van der Waals surface area contributed by atoms with Gasteiger partial charge in [0.05, 0.1) is 23.8 Å². The fourth-order valence-corrected chi connectivity index (χ4v) is 4.88. The van der Waals surface area contributed by atoms with Crippen LogP contribution in [0.3, 0.4) is 0 Å². The number of urea groups is 1. The van der Waals surface area contributed by atoms with Crippen molar-refractivity contribution in [2.45, 2.75) is 26.0 Å². The number of hydrogen-bond donors (Lipinski definition) is 2. The number of thiazole rings is 1. The van der Waals surface area contributed by atoms with Gasteiger partial charge in [0, 0.05) is 37.5 Å².